The lowest BCUT2D eigenvalue weighted by Gasteiger charge is -2.05. The molecule has 0 radical (unpaired) electrons. The fraction of sp³-hybridized carbons (Fsp3) is 0. The first kappa shape index (κ1) is 15.3. The molecule has 0 spiro atoms. The van der Waals surface area contributed by atoms with Crippen LogP contribution in [0.25, 0.3) is 0 Å². The molecule has 0 unspecified atom stereocenters. The SMILES string of the molecule is O=C=Nc1ccc(Sc2ccc(N=C=O)cc2N=C=O)cc1. The minimum atomic E-state index is 0.351. The van der Waals surface area contributed by atoms with Crippen molar-refractivity contribution < 1.29 is 14.4 Å². The van der Waals surface area contributed by atoms with Crippen molar-refractivity contribution >= 4 is 47.1 Å². The van der Waals surface area contributed by atoms with Crippen molar-refractivity contribution in [1.82, 2.24) is 0 Å². The zero-order valence-corrected chi connectivity index (χ0v) is 11.8. The van der Waals surface area contributed by atoms with Gasteiger partial charge in [0, 0.05) is 9.79 Å². The van der Waals surface area contributed by atoms with E-state index in [4.69, 9.17) is 0 Å². The summed E-state index contributed by atoms with van der Waals surface area (Å²) in [5.74, 6) is 0. The summed E-state index contributed by atoms with van der Waals surface area (Å²) in [6.45, 7) is 0. The second-order valence-corrected chi connectivity index (χ2v) is 4.97. The van der Waals surface area contributed by atoms with Gasteiger partial charge in [0.2, 0.25) is 18.2 Å². The van der Waals surface area contributed by atoms with Crippen LogP contribution in [0.5, 0.6) is 0 Å². The molecule has 0 bridgehead atoms. The Labute approximate surface area is 129 Å². The van der Waals surface area contributed by atoms with Crippen molar-refractivity contribution in [2.75, 3.05) is 0 Å². The van der Waals surface area contributed by atoms with E-state index in [0.29, 0.717) is 22.0 Å². The fourth-order valence-corrected chi connectivity index (χ4v) is 2.49. The number of aliphatic imine (C=N–C) groups is 3. The molecule has 0 saturated carbocycles. The third-order valence-corrected chi connectivity index (χ3v) is 3.60. The normalized spacial score (nSPS) is 9.09. The van der Waals surface area contributed by atoms with Crippen molar-refractivity contribution in [3.05, 3.63) is 42.5 Å². The predicted octanol–water partition coefficient (Wildman–Crippen LogP) is 3.74. The molecule has 0 aromatic heterocycles. The highest BCUT2D eigenvalue weighted by Gasteiger charge is 2.06. The highest BCUT2D eigenvalue weighted by Crippen LogP contribution is 2.37. The summed E-state index contributed by atoms with van der Waals surface area (Å²) in [4.78, 5) is 43.1. The summed E-state index contributed by atoms with van der Waals surface area (Å²) >= 11 is 1.35. The molecular weight excluding hydrogens is 302 g/mol. The van der Waals surface area contributed by atoms with Gasteiger partial charge in [-0.2, -0.15) is 15.0 Å². The Morgan fingerprint density at radius 1 is 0.727 bits per heavy atom. The summed E-state index contributed by atoms with van der Waals surface area (Å²) in [5, 5.41) is 0. The zero-order chi connectivity index (χ0) is 15.8. The molecule has 0 aliphatic carbocycles. The van der Waals surface area contributed by atoms with E-state index in [2.05, 4.69) is 15.0 Å². The van der Waals surface area contributed by atoms with Crippen LogP contribution in [0, 0.1) is 0 Å². The number of carbonyl (C=O) groups excluding carboxylic acids is 3. The number of isocyanates is 3. The average molecular weight is 309 g/mol. The van der Waals surface area contributed by atoms with Gasteiger partial charge in [-0.1, -0.05) is 11.8 Å². The van der Waals surface area contributed by atoms with E-state index in [-0.39, 0.29) is 0 Å². The van der Waals surface area contributed by atoms with Gasteiger partial charge in [-0.15, -0.1) is 0 Å². The monoisotopic (exact) mass is 309 g/mol. The number of rotatable bonds is 5. The molecular formula is C15H7N3O3S. The van der Waals surface area contributed by atoms with Crippen LogP contribution in [0.1, 0.15) is 0 Å². The molecule has 0 saturated heterocycles. The van der Waals surface area contributed by atoms with Crippen LogP contribution in [-0.4, -0.2) is 18.2 Å². The zero-order valence-electron chi connectivity index (χ0n) is 11.0. The molecule has 6 nitrogen and oxygen atoms in total. The van der Waals surface area contributed by atoms with Crippen molar-refractivity contribution in [2.45, 2.75) is 9.79 Å². The van der Waals surface area contributed by atoms with Crippen LogP contribution < -0.4 is 0 Å². The van der Waals surface area contributed by atoms with E-state index in [9.17, 15) is 14.4 Å². The molecule has 0 amide bonds. The Morgan fingerprint density at radius 3 is 1.95 bits per heavy atom. The maximum absolute atomic E-state index is 10.5. The van der Waals surface area contributed by atoms with Gasteiger partial charge < -0.3 is 0 Å². The highest BCUT2D eigenvalue weighted by atomic mass is 32.2. The molecule has 2 aromatic carbocycles. The van der Waals surface area contributed by atoms with E-state index in [1.807, 2.05) is 0 Å². The van der Waals surface area contributed by atoms with Crippen molar-refractivity contribution in [3.63, 3.8) is 0 Å². The van der Waals surface area contributed by atoms with Crippen molar-refractivity contribution in [1.29, 1.82) is 0 Å². The lowest BCUT2D eigenvalue weighted by molar-refractivity contribution is 0.564. The average Bonchev–Trinajstić information content (AvgIpc) is 2.52. The molecule has 106 valence electrons. The first-order valence-corrected chi connectivity index (χ1v) is 6.74. The van der Waals surface area contributed by atoms with Crippen LogP contribution in [0.15, 0.2) is 67.2 Å². The van der Waals surface area contributed by atoms with Crippen LogP contribution >= 0.6 is 11.8 Å². The van der Waals surface area contributed by atoms with Gasteiger partial charge >= 0.3 is 0 Å². The van der Waals surface area contributed by atoms with Gasteiger partial charge in [-0.25, -0.2) is 14.4 Å². The Balaban J connectivity index is 2.33. The maximum Gasteiger partial charge on any atom is 0.240 e. The van der Waals surface area contributed by atoms with Crippen molar-refractivity contribution in [3.8, 4) is 0 Å². The quantitative estimate of drug-likeness (QED) is 0.621. The highest BCUT2D eigenvalue weighted by molar-refractivity contribution is 7.99. The summed E-state index contributed by atoms with van der Waals surface area (Å²) in [6, 6.07) is 11.7. The number of nitrogens with zero attached hydrogens (tertiary/aromatic N) is 3. The minimum absolute atomic E-state index is 0.351. The van der Waals surface area contributed by atoms with E-state index in [1.54, 1.807) is 36.4 Å². The molecule has 0 atom stereocenters. The van der Waals surface area contributed by atoms with Crippen LogP contribution in [-0.2, 0) is 14.4 Å². The van der Waals surface area contributed by atoms with E-state index in [1.165, 1.54) is 36.1 Å². The van der Waals surface area contributed by atoms with Gasteiger partial charge in [-0.05, 0) is 42.5 Å². The van der Waals surface area contributed by atoms with Crippen LogP contribution in [0.2, 0.25) is 0 Å². The number of benzene rings is 2. The van der Waals surface area contributed by atoms with Crippen LogP contribution in [0.4, 0.5) is 17.1 Å². The predicted molar refractivity (Wildman–Crippen MR) is 80.4 cm³/mol. The lowest BCUT2D eigenvalue weighted by Crippen LogP contribution is -1.76. The molecule has 0 fully saturated rings. The van der Waals surface area contributed by atoms with Crippen LogP contribution in [0.3, 0.4) is 0 Å². The van der Waals surface area contributed by atoms with E-state index < -0.39 is 0 Å². The molecule has 22 heavy (non-hydrogen) atoms. The Morgan fingerprint density at radius 2 is 1.32 bits per heavy atom. The van der Waals surface area contributed by atoms with E-state index in [0.717, 1.165) is 4.90 Å². The Hall–Kier alpha value is -3.07. The first-order valence-electron chi connectivity index (χ1n) is 5.92. The first-order chi connectivity index (χ1) is 10.8. The second kappa shape index (κ2) is 7.64. The van der Waals surface area contributed by atoms with E-state index >= 15 is 0 Å². The van der Waals surface area contributed by atoms with Gasteiger partial charge in [0.1, 0.15) is 0 Å². The van der Waals surface area contributed by atoms with Crippen molar-refractivity contribution in [2.24, 2.45) is 15.0 Å². The standard InChI is InChI=1S/C15H7N3O3S/c19-8-16-11-1-4-13(5-2-11)22-15-6-3-12(17-9-20)7-14(15)18-10-21/h1-7H. The topological polar surface area (TPSA) is 88.3 Å². The molecule has 0 heterocycles. The summed E-state index contributed by atoms with van der Waals surface area (Å²) in [7, 11) is 0. The van der Waals surface area contributed by atoms with Gasteiger partial charge in [0.25, 0.3) is 0 Å². The number of hydrogen-bond acceptors (Lipinski definition) is 7. The Bertz CT molecular complexity index is 830. The molecule has 2 rings (SSSR count). The number of hydrogen-bond donors (Lipinski definition) is 0. The van der Waals surface area contributed by atoms with Gasteiger partial charge in [0.15, 0.2) is 0 Å². The lowest BCUT2D eigenvalue weighted by atomic mass is 10.3. The summed E-state index contributed by atoms with van der Waals surface area (Å²) in [5.41, 5.74) is 1.21. The second-order valence-electron chi connectivity index (χ2n) is 3.86. The third kappa shape index (κ3) is 3.96. The fourth-order valence-electron chi connectivity index (χ4n) is 1.62. The summed E-state index contributed by atoms with van der Waals surface area (Å²) in [6.07, 6.45) is 4.36. The van der Waals surface area contributed by atoms with Gasteiger partial charge in [0.05, 0.1) is 17.1 Å². The maximum atomic E-state index is 10.5. The summed E-state index contributed by atoms with van der Waals surface area (Å²) < 4.78 is 0. The Kier molecular flexibility index (Phi) is 5.32. The smallest absolute Gasteiger partial charge is 0.211 e. The molecule has 0 N–H and O–H groups in total. The molecule has 2 aromatic rings. The minimum Gasteiger partial charge on any atom is -0.211 e. The molecule has 0 aliphatic heterocycles. The molecule has 7 heteroatoms. The largest absolute Gasteiger partial charge is 0.240 e. The third-order valence-electron chi connectivity index (χ3n) is 2.52. The molecule has 0 aliphatic rings. The van der Waals surface area contributed by atoms with Gasteiger partial charge in [-0.3, -0.25) is 0 Å².